The number of primary amides is 1. The minimum Gasteiger partial charge on any atom is -0.352 e. The number of hydrogen-bond acceptors (Lipinski definition) is 4. The molecule has 0 aromatic heterocycles. The first-order valence-corrected chi connectivity index (χ1v) is 9.66. The first-order chi connectivity index (χ1) is 11.7. The summed E-state index contributed by atoms with van der Waals surface area (Å²) >= 11 is 0. The van der Waals surface area contributed by atoms with Crippen LogP contribution >= 0.6 is 0 Å². The number of nitrogens with one attached hydrogen (secondary N) is 3. The van der Waals surface area contributed by atoms with Crippen molar-refractivity contribution in [3.63, 3.8) is 0 Å². The van der Waals surface area contributed by atoms with Crippen LogP contribution < -0.4 is 21.1 Å². The minimum absolute atomic E-state index is 0.0540. The molecule has 0 bridgehead atoms. The van der Waals surface area contributed by atoms with Crippen molar-refractivity contribution in [3.8, 4) is 0 Å². The lowest BCUT2D eigenvalue weighted by molar-refractivity contribution is -0.124. The van der Waals surface area contributed by atoms with Crippen LogP contribution in [-0.4, -0.2) is 33.4 Å². The molecule has 140 valence electrons. The summed E-state index contributed by atoms with van der Waals surface area (Å²) in [6.07, 6.45) is 0.715. The SMILES string of the molecule is CCC(C)C(NC(N)=O)C(=O)NCc1ccc(CS(=O)(=O)NC)cc1. The molecule has 9 heteroatoms. The van der Waals surface area contributed by atoms with Gasteiger partial charge in [0.05, 0.1) is 5.75 Å². The van der Waals surface area contributed by atoms with Crippen LogP contribution in [0.25, 0.3) is 0 Å². The number of benzene rings is 1. The molecule has 0 aliphatic heterocycles. The van der Waals surface area contributed by atoms with Gasteiger partial charge in [0.2, 0.25) is 15.9 Å². The molecule has 2 atom stereocenters. The summed E-state index contributed by atoms with van der Waals surface area (Å²) in [6, 6.07) is 5.47. The van der Waals surface area contributed by atoms with E-state index in [2.05, 4.69) is 15.4 Å². The first kappa shape index (κ1) is 20.9. The molecule has 2 unspecified atom stereocenters. The second-order valence-electron chi connectivity index (χ2n) is 5.87. The van der Waals surface area contributed by atoms with Gasteiger partial charge < -0.3 is 16.4 Å². The van der Waals surface area contributed by atoms with E-state index in [0.717, 1.165) is 5.56 Å². The van der Waals surface area contributed by atoms with Gasteiger partial charge >= 0.3 is 6.03 Å². The maximum absolute atomic E-state index is 12.3. The van der Waals surface area contributed by atoms with Crippen LogP contribution in [0.2, 0.25) is 0 Å². The molecular weight excluding hydrogens is 344 g/mol. The highest BCUT2D eigenvalue weighted by atomic mass is 32.2. The van der Waals surface area contributed by atoms with Crippen molar-refractivity contribution < 1.29 is 18.0 Å². The average molecular weight is 370 g/mol. The standard InChI is InChI=1S/C16H26N4O4S/c1-4-11(2)14(20-16(17)22)15(21)19-9-12-5-7-13(8-6-12)10-25(23,24)18-3/h5-8,11,14,18H,4,9-10H2,1-3H3,(H,19,21)(H3,17,20,22). The number of urea groups is 1. The van der Waals surface area contributed by atoms with Crippen LogP contribution in [0.1, 0.15) is 31.4 Å². The van der Waals surface area contributed by atoms with Gasteiger partial charge in [-0.05, 0) is 24.1 Å². The molecule has 3 amide bonds. The lowest BCUT2D eigenvalue weighted by Gasteiger charge is -2.22. The van der Waals surface area contributed by atoms with Crippen molar-refractivity contribution >= 4 is 22.0 Å². The molecule has 8 nitrogen and oxygen atoms in total. The molecule has 0 spiro atoms. The monoisotopic (exact) mass is 370 g/mol. The molecule has 1 aromatic carbocycles. The molecule has 25 heavy (non-hydrogen) atoms. The molecule has 1 aromatic rings. The average Bonchev–Trinajstić information content (AvgIpc) is 2.57. The van der Waals surface area contributed by atoms with E-state index in [0.29, 0.717) is 12.0 Å². The zero-order valence-electron chi connectivity index (χ0n) is 14.7. The Bertz CT molecular complexity index is 689. The number of hydrogen-bond donors (Lipinski definition) is 4. The Labute approximate surface area is 148 Å². The van der Waals surface area contributed by atoms with Gasteiger partial charge in [-0.3, -0.25) is 4.79 Å². The predicted octanol–water partition coefficient (Wildman–Crippen LogP) is 0.435. The number of carbonyl (C=O) groups excluding carboxylic acids is 2. The first-order valence-electron chi connectivity index (χ1n) is 8.01. The summed E-state index contributed by atoms with van der Waals surface area (Å²) in [4.78, 5) is 23.3. The Morgan fingerprint density at radius 1 is 1.16 bits per heavy atom. The Hall–Kier alpha value is -2.13. The van der Waals surface area contributed by atoms with Gasteiger partial charge in [0.25, 0.3) is 0 Å². The van der Waals surface area contributed by atoms with Gasteiger partial charge in [0.15, 0.2) is 0 Å². The third-order valence-corrected chi connectivity index (χ3v) is 5.29. The maximum Gasteiger partial charge on any atom is 0.312 e. The number of amides is 3. The van der Waals surface area contributed by atoms with Crippen molar-refractivity contribution in [2.75, 3.05) is 7.05 Å². The molecule has 0 heterocycles. The maximum atomic E-state index is 12.3. The highest BCUT2D eigenvalue weighted by Gasteiger charge is 2.24. The number of rotatable bonds is 9. The van der Waals surface area contributed by atoms with Gasteiger partial charge in [-0.2, -0.15) is 0 Å². The Morgan fingerprint density at radius 3 is 2.20 bits per heavy atom. The van der Waals surface area contributed by atoms with E-state index in [1.165, 1.54) is 7.05 Å². The largest absolute Gasteiger partial charge is 0.352 e. The summed E-state index contributed by atoms with van der Waals surface area (Å²) in [5.74, 6) is -0.467. The molecular formula is C16H26N4O4S. The predicted molar refractivity (Wildman–Crippen MR) is 95.9 cm³/mol. The summed E-state index contributed by atoms with van der Waals surface area (Å²) < 4.78 is 25.3. The number of carbonyl (C=O) groups is 2. The number of sulfonamides is 1. The Morgan fingerprint density at radius 2 is 1.72 bits per heavy atom. The quantitative estimate of drug-likeness (QED) is 0.502. The molecule has 0 saturated carbocycles. The highest BCUT2D eigenvalue weighted by molar-refractivity contribution is 7.88. The second-order valence-corrected chi connectivity index (χ2v) is 7.80. The zero-order chi connectivity index (χ0) is 19.0. The van der Waals surface area contributed by atoms with Crippen molar-refractivity contribution in [1.29, 1.82) is 0 Å². The van der Waals surface area contributed by atoms with Crippen LogP contribution in [0.4, 0.5) is 4.79 Å². The lowest BCUT2D eigenvalue weighted by atomic mass is 9.98. The summed E-state index contributed by atoms with van der Waals surface area (Å²) in [5, 5.41) is 5.22. The minimum atomic E-state index is -3.32. The molecule has 0 fully saturated rings. The molecule has 0 radical (unpaired) electrons. The van der Waals surface area contributed by atoms with Gasteiger partial charge in [-0.25, -0.2) is 17.9 Å². The molecule has 1 rings (SSSR count). The van der Waals surface area contributed by atoms with E-state index in [1.54, 1.807) is 24.3 Å². The fraction of sp³-hybridized carbons (Fsp3) is 0.500. The van der Waals surface area contributed by atoms with Crippen molar-refractivity contribution in [1.82, 2.24) is 15.4 Å². The van der Waals surface area contributed by atoms with E-state index in [1.807, 2.05) is 13.8 Å². The van der Waals surface area contributed by atoms with Crippen LogP contribution in [0.5, 0.6) is 0 Å². The van der Waals surface area contributed by atoms with Crippen LogP contribution in [0.3, 0.4) is 0 Å². The summed E-state index contributed by atoms with van der Waals surface area (Å²) in [6.45, 7) is 4.05. The smallest absolute Gasteiger partial charge is 0.312 e. The van der Waals surface area contributed by atoms with Crippen LogP contribution in [0.15, 0.2) is 24.3 Å². The fourth-order valence-corrected chi connectivity index (χ4v) is 2.97. The fourth-order valence-electron chi connectivity index (χ4n) is 2.20. The van der Waals surface area contributed by atoms with E-state index in [-0.39, 0.29) is 24.1 Å². The lowest BCUT2D eigenvalue weighted by Crippen LogP contribution is -2.51. The number of nitrogens with two attached hydrogens (primary N) is 1. The van der Waals surface area contributed by atoms with Gasteiger partial charge in [-0.1, -0.05) is 44.5 Å². The Balaban J connectivity index is 2.67. The van der Waals surface area contributed by atoms with E-state index in [4.69, 9.17) is 5.73 Å². The molecule has 0 aliphatic carbocycles. The van der Waals surface area contributed by atoms with E-state index >= 15 is 0 Å². The van der Waals surface area contributed by atoms with E-state index in [9.17, 15) is 18.0 Å². The van der Waals surface area contributed by atoms with Gasteiger partial charge in [0, 0.05) is 6.54 Å². The van der Waals surface area contributed by atoms with Crippen LogP contribution in [-0.2, 0) is 27.1 Å². The second kappa shape index (κ2) is 9.38. The normalized spacial score (nSPS) is 13.7. The summed E-state index contributed by atoms with van der Waals surface area (Å²) in [5.41, 5.74) is 6.60. The van der Waals surface area contributed by atoms with Crippen molar-refractivity contribution in [3.05, 3.63) is 35.4 Å². The third-order valence-electron chi connectivity index (χ3n) is 3.95. The van der Waals surface area contributed by atoms with Gasteiger partial charge in [0.1, 0.15) is 6.04 Å². The third kappa shape index (κ3) is 7.10. The molecule has 0 aliphatic rings. The van der Waals surface area contributed by atoms with Crippen molar-refractivity contribution in [2.45, 2.75) is 38.6 Å². The topological polar surface area (TPSA) is 130 Å². The van der Waals surface area contributed by atoms with E-state index < -0.39 is 22.1 Å². The zero-order valence-corrected chi connectivity index (χ0v) is 15.5. The highest BCUT2D eigenvalue weighted by Crippen LogP contribution is 2.10. The molecule has 5 N–H and O–H groups in total. The van der Waals surface area contributed by atoms with Gasteiger partial charge in [-0.15, -0.1) is 0 Å². The molecule has 0 saturated heterocycles. The summed E-state index contributed by atoms with van der Waals surface area (Å²) in [7, 11) is -1.95. The Kier molecular flexibility index (Phi) is 7.85. The van der Waals surface area contributed by atoms with Crippen molar-refractivity contribution in [2.24, 2.45) is 11.7 Å². The van der Waals surface area contributed by atoms with Crippen LogP contribution in [0, 0.1) is 5.92 Å².